The lowest BCUT2D eigenvalue weighted by molar-refractivity contribution is 0.919. The van der Waals surface area contributed by atoms with Crippen LogP contribution in [0, 0.1) is 0 Å². The largest absolute Gasteiger partial charge is 0.355 e. The van der Waals surface area contributed by atoms with Crippen molar-refractivity contribution in [1.82, 2.24) is 9.55 Å². The lowest BCUT2D eigenvalue weighted by Gasteiger charge is -2.15. The second-order valence-corrected chi connectivity index (χ2v) is 6.09. The van der Waals surface area contributed by atoms with E-state index in [0.29, 0.717) is 23.4 Å². The quantitative estimate of drug-likeness (QED) is 0.596. The fourth-order valence-corrected chi connectivity index (χ4v) is 3.03. The van der Waals surface area contributed by atoms with E-state index in [0.717, 1.165) is 12.1 Å². The molecule has 0 aliphatic rings. The third-order valence-corrected chi connectivity index (χ3v) is 4.33. The summed E-state index contributed by atoms with van der Waals surface area (Å²) in [5, 5.41) is 3.96. The molecule has 0 amide bonds. The number of nitrogens with one attached hydrogen (secondary N) is 1. The van der Waals surface area contributed by atoms with Crippen molar-refractivity contribution in [2.24, 2.45) is 0 Å². The summed E-state index contributed by atoms with van der Waals surface area (Å²) < 4.78 is 1.65. The lowest BCUT2D eigenvalue weighted by Crippen LogP contribution is -2.24. The van der Waals surface area contributed by atoms with Gasteiger partial charge < -0.3 is 5.32 Å². The molecular weight excluding hydrogens is 322 g/mol. The third-order valence-electron chi connectivity index (χ3n) is 4.33. The van der Waals surface area contributed by atoms with Gasteiger partial charge in [0, 0.05) is 6.54 Å². The molecule has 1 heterocycles. The van der Waals surface area contributed by atoms with Crippen LogP contribution in [0.5, 0.6) is 0 Å². The van der Waals surface area contributed by atoms with Crippen LogP contribution in [0.15, 0.2) is 89.7 Å². The number of rotatable bonds is 5. The SMILES string of the molecule is O=c1c2ccccc2nc(NCCc2ccccc2)n1-c1ccccc1. The van der Waals surface area contributed by atoms with Crippen LogP contribution in [0.1, 0.15) is 5.56 Å². The van der Waals surface area contributed by atoms with E-state index in [1.165, 1.54) is 5.56 Å². The average molecular weight is 341 g/mol. The standard InChI is InChI=1S/C22H19N3O/c26-21-19-13-7-8-14-20(19)24-22(25(21)18-11-5-2-6-12-18)23-16-15-17-9-3-1-4-10-17/h1-14H,15-16H2,(H,23,24). The minimum absolute atomic E-state index is 0.0657. The molecule has 0 spiro atoms. The zero-order chi connectivity index (χ0) is 17.8. The molecule has 0 fully saturated rings. The van der Waals surface area contributed by atoms with Gasteiger partial charge in [-0.2, -0.15) is 0 Å². The summed E-state index contributed by atoms with van der Waals surface area (Å²) >= 11 is 0. The van der Waals surface area contributed by atoms with Crippen molar-refractivity contribution in [3.8, 4) is 5.69 Å². The summed E-state index contributed by atoms with van der Waals surface area (Å²) in [7, 11) is 0. The summed E-state index contributed by atoms with van der Waals surface area (Å²) in [5.41, 5.74) is 2.68. The number of benzene rings is 3. The first-order chi connectivity index (χ1) is 12.8. The van der Waals surface area contributed by atoms with Crippen LogP contribution in [-0.4, -0.2) is 16.1 Å². The van der Waals surface area contributed by atoms with Crippen LogP contribution in [0.2, 0.25) is 0 Å². The first-order valence-corrected chi connectivity index (χ1v) is 8.68. The van der Waals surface area contributed by atoms with E-state index in [4.69, 9.17) is 4.98 Å². The highest BCUT2D eigenvalue weighted by Gasteiger charge is 2.12. The van der Waals surface area contributed by atoms with Gasteiger partial charge in [0.15, 0.2) is 0 Å². The Morgan fingerprint density at radius 2 is 1.46 bits per heavy atom. The second kappa shape index (κ2) is 7.23. The summed E-state index contributed by atoms with van der Waals surface area (Å²) in [6.45, 7) is 0.696. The highest BCUT2D eigenvalue weighted by Crippen LogP contribution is 2.16. The molecule has 0 radical (unpaired) electrons. The van der Waals surface area contributed by atoms with E-state index in [-0.39, 0.29) is 5.56 Å². The highest BCUT2D eigenvalue weighted by molar-refractivity contribution is 5.79. The molecule has 0 bridgehead atoms. The molecule has 3 aromatic carbocycles. The minimum atomic E-state index is -0.0657. The van der Waals surface area contributed by atoms with Crippen LogP contribution < -0.4 is 10.9 Å². The van der Waals surface area contributed by atoms with Crippen LogP contribution in [0.4, 0.5) is 5.95 Å². The summed E-state index contributed by atoms with van der Waals surface area (Å²) in [4.78, 5) is 17.8. The summed E-state index contributed by atoms with van der Waals surface area (Å²) in [6, 6.07) is 27.3. The zero-order valence-electron chi connectivity index (χ0n) is 14.3. The zero-order valence-corrected chi connectivity index (χ0v) is 14.3. The average Bonchev–Trinajstić information content (AvgIpc) is 2.70. The van der Waals surface area contributed by atoms with Crippen molar-refractivity contribution in [3.05, 3.63) is 101 Å². The van der Waals surface area contributed by atoms with Gasteiger partial charge >= 0.3 is 0 Å². The number of hydrogen-bond donors (Lipinski definition) is 1. The van der Waals surface area contributed by atoms with Gasteiger partial charge in [0.25, 0.3) is 5.56 Å². The van der Waals surface area contributed by atoms with Crippen LogP contribution >= 0.6 is 0 Å². The van der Waals surface area contributed by atoms with Crippen molar-refractivity contribution in [3.63, 3.8) is 0 Å². The van der Waals surface area contributed by atoms with E-state index in [1.807, 2.05) is 72.8 Å². The van der Waals surface area contributed by atoms with Crippen molar-refractivity contribution >= 4 is 16.9 Å². The Balaban J connectivity index is 1.73. The molecule has 0 aliphatic carbocycles. The Morgan fingerprint density at radius 3 is 2.23 bits per heavy atom. The molecule has 0 unspecified atom stereocenters. The van der Waals surface area contributed by atoms with Crippen molar-refractivity contribution in [2.75, 3.05) is 11.9 Å². The predicted octanol–water partition coefficient (Wildman–Crippen LogP) is 4.04. The van der Waals surface area contributed by atoms with Gasteiger partial charge in [-0.25, -0.2) is 9.55 Å². The molecule has 0 aliphatic heterocycles. The molecule has 4 rings (SSSR count). The fourth-order valence-electron chi connectivity index (χ4n) is 3.03. The van der Waals surface area contributed by atoms with E-state index < -0.39 is 0 Å². The van der Waals surface area contributed by atoms with E-state index in [2.05, 4.69) is 17.4 Å². The van der Waals surface area contributed by atoms with Crippen molar-refractivity contribution in [2.45, 2.75) is 6.42 Å². The van der Waals surface area contributed by atoms with E-state index >= 15 is 0 Å². The van der Waals surface area contributed by atoms with Gasteiger partial charge in [0.1, 0.15) is 0 Å². The van der Waals surface area contributed by atoms with Gasteiger partial charge in [0.05, 0.1) is 16.6 Å². The first-order valence-electron chi connectivity index (χ1n) is 8.68. The number of aromatic nitrogens is 2. The fraction of sp³-hybridized carbons (Fsp3) is 0.0909. The third kappa shape index (κ3) is 3.22. The van der Waals surface area contributed by atoms with Crippen LogP contribution in [0.25, 0.3) is 16.6 Å². The molecule has 4 nitrogen and oxygen atoms in total. The van der Waals surface area contributed by atoms with Crippen molar-refractivity contribution < 1.29 is 0 Å². The van der Waals surface area contributed by atoms with Gasteiger partial charge in [-0.3, -0.25) is 4.79 Å². The molecule has 0 atom stereocenters. The Labute approximate surface area is 151 Å². The number of fused-ring (bicyclic) bond motifs is 1. The molecular formula is C22H19N3O. The number of anilines is 1. The normalized spacial score (nSPS) is 10.8. The predicted molar refractivity (Wildman–Crippen MR) is 106 cm³/mol. The number of nitrogens with zero attached hydrogens (tertiary/aromatic N) is 2. The van der Waals surface area contributed by atoms with E-state index in [9.17, 15) is 4.79 Å². The molecule has 26 heavy (non-hydrogen) atoms. The lowest BCUT2D eigenvalue weighted by atomic mass is 10.1. The van der Waals surface area contributed by atoms with Gasteiger partial charge in [-0.05, 0) is 36.2 Å². The van der Waals surface area contributed by atoms with E-state index in [1.54, 1.807) is 4.57 Å². The highest BCUT2D eigenvalue weighted by atomic mass is 16.1. The maximum atomic E-state index is 13.1. The number of para-hydroxylation sites is 2. The minimum Gasteiger partial charge on any atom is -0.355 e. The topological polar surface area (TPSA) is 46.9 Å². The van der Waals surface area contributed by atoms with Gasteiger partial charge in [-0.1, -0.05) is 60.7 Å². The van der Waals surface area contributed by atoms with Crippen molar-refractivity contribution in [1.29, 1.82) is 0 Å². The molecule has 1 aromatic heterocycles. The molecule has 1 N–H and O–H groups in total. The smallest absolute Gasteiger partial charge is 0.267 e. The van der Waals surface area contributed by atoms with Crippen LogP contribution in [0.3, 0.4) is 0 Å². The molecule has 0 saturated heterocycles. The Bertz CT molecular complexity index is 1070. The van der Waals surface area contributed by atoms with Gasteiger partial charge in [0.2, 0.25) is 5.95 Å². The monoisotopic (exact) mass is 341 g/mol. The second-order valence-electron chi connectivity index (χ2n) is 6.09. The number of hydrogen-bond acceptors (Lipinski definition) is 3. The molecule has 128 valence electrons. The summed E-state index contributed by atoms with van der Waals surface area (Å²) in [6.07, 6.45) is 0.859. The Hall–Kier alpha value is -3.40. The molecule has 4 aromatic rings. The Kier molecular flexibility index (Phi) is 4.48. The molecule has 4 heteroatoms. The maximum absolute atomic E-state index is 13.1. The van der Waals surface area contributed by atoms with Gasteiger partial charge in [-0.15, -0.1) is 0 Å². The maximum Gasteiger partial charge on any atom is 0.267 e. The summed E-state index contributed by atoms with van der Waals surface area (Å²) in [5.74, 6) is 0.566. The van der Waals surface area contributed by atoms with Crippen LogP contribution in [-0.2, 0) is 6.42 Å². The Morgan fingerprint density at radius 1 is 0.808 bits per heavy atom. The first kappa shape index (κ1) is 16.1. The molecule has 0 saturated carbocycles.